The molecule has 0 aliphatic heterocycles. The smallest absolute Gasteiger partial charge is 0.171 e. The van der Waals surface area contributed by atoms with Crippen LogP contribution in [-0.4, -0.2) is 5.78 Å². The highest BCUT2D eigenvalue weighted by Crippen LogP contribution is 2.48. The molecule has 2 heteroatoms. The molecule has 2 atom stereocenters. The summed E-state index contributed by atoms with van der Waals surface area (Å²) in [6.07, 6.45) is 0. The molecular weight excluding hydrogens is 372 g/mol. The first-order valence-corrected chi connectivity index (χ1v) is 9.30. The lowest BCUT2D eigenvalue weighted by molar-refractivity contribution is 0.0968. The van der Waals surface area contributed by atoms with Gasteiger partial charge in [0.1, 0.15) is 0 Å². The molecule has 1 aliphatic carbocycles. The molecule has 0 saturated carbocycles. The molecule has 0 fully saturated rings. The van der Waals surface area contributed by atoms with Gasteiger partial charge in [0, 0.05) is 16.0 Å². The first-order chi connectivity index (χ1) is 12.0. The van der Waals surface area contributed by atoms with Crippen LogP contribution in [0, 0.1) is 13.8 Å². The van der Waals surface area contributed by atoms with E-state index in [1.807, 2.05) is 12.1 Å². The van der Waals surface area contributed by atoms with Crippen LogP contribution in [0.25, 0.3) is 0 Å². The van der Waals surface area contributed by atoms with E-state index in [0.29, 0.717) is 0 Å². The van der Waals surface area contributed by atoms with E-state index in [4.69, 9.17) is 0 Å². The van der Waals surface area contributed by atoms with Gasteiger partial charge in [-0.2, -0.15) is 0 Å². The quantitative estimate of drug-likeness (QED) is 0.510. The summed E-state index contributed by atoms with van der Waals surface area (Å²) in [6.45, 7) is 4.16. The van der Waals surface area contributed by atoms with Crippen molar-refractivity contribution in [1.29, 1.82) is 0 Å². The summed E-state index contributed by atoms with van der Waals surface area (Å²) < 4.78 is 1.05. The third-order valence-electron chi connectivity index (χ3n) is 5.09. The predicted molar refractivity (Wildman–Crippen MR) is 105 cm³/mol. The van der Waals surface area contributed by atoms with Crippen molar-refractivity contribution in [2.24, 2.45) is 0 Å². The number of hydrogen-bond donors (Lipinski definition) is 0. The average molecular weight is 391 g/mol. The highest BCUT2D eigenvalue weighted by atomic mass is 79.9. The van der Waals surface area contributed by atoms with Crippen LogP contribution in [0.5, 0.6) is 0 Å². The van der Waals surface area contributed by atoms with Crippen LogP contribution in [0.3, 0.4) is 0 Å². The van der Waals surface area contributed by atoms with Crippen molar-refractivity contribution in [2.45, 2.75) is 25.7 Å². The van der Waals surface area contributed by atoms with Crippen LogP contribution < -0.4 is 0 Å². The number of halogens is 1. The minimum absolute atomic E-state index is 0.0678. The predicted octanol–water partition coefficient (Wildman–Crippen LogP) is 6.18. The number of benzene rings is 3. The van der Waals surface area contributed by atoms with Crippen molar-refractivity contribution in [3.63, 3.8) is 0 Å². The summed E-state index contributed by atoms with van der Waals surface area (Å²) >= 11 is 3.51. The summed E-state index contributed by atoms with van der Waals surface area (Å²) in [5.41, 5.74) is 6.70. The third kappa shape index (κ3) is 2.85. The molecule has 4 rings (SSSR count). The fraction of sp³-hybridized carbons (Fsp3) is 0.174. The molecule has 0 spiro atoms. The van der Waals surface area contributed by atoms with Crippen LogP contribution in [0.4, 0.5) is 0 Å². The van der Waals surface area contributed by atoms with Crippen molar-refractivity contribution in [2.75, 3.05) is 0 Å². The number of aryl methyl sites for hydroxylation is 2. The van der Waals surface area contributed by atoms with E-state index in [-0.39, 0.29) is 17.6 Å². The molecule has 0 radical (unpaired) electrons. The van der Waals surface area contributed by atoms with E-state index in [1.165, 1.54) is 16.7 Å². The lowest BCUT2D eigenvalue weighted by Crippen LogP contribution is -2.13. The lowest BCUT2D eigenvalue weighted by Gasteiger charge is -2.21. The molecular formula is C23H19BrO. The van der Waals surface area contributed by atoms with Crippen LogP contribution in [0.1, 0.15) is 50.0 Å². The second-order valence-corrected chi connectivity index (χ2v) is 7.79. The zero-order chi connectivity index (χ0) is 17.6. The molecule has 0 saturated heterocycles. The molecule has 3 aromatic carbocycles. The van der Waals surface area contributed by atoms with Crippen molar-refractivity contribution in [3.05, 3.63) is 105 Å². The van der Waals surface area contributed by atoms with E-state index in [2.05, 4.69) is 84.4 Å². The first-order valence-electron chi connectivity index (χ1n) is 8.51. The van der Waals surface area contributed by atoms with Gasteiger partial charge in [0.05, 0.1) is 5.92 Å². The molecule has 3 aromatic rings. The summed E-state index contributed by atoms with van der Waals surface area (Å²) in [7, 11) is 0. The highest BCUT2D eigenvalue weighted by Gasteiger charge is 2.41. The minimum atomic E-state index is -0.154. The number of carbonyl (C=O) groups is 1. The van der Waals surface area contributed by atoms with E-state index >= 15 is 0 Å². The Morgan fingerprint density at radius 1 is 0.720 bits per heavy atom. The van der Waals surface area contributed by atoms with Gasteiger partial charge >= 0.3 is 0 Å². The van der Waals surface area contributed by atoms with Gasteiger partial charge < -0.3 is 0 Å². The Hall–Kier alpha value is -2.19. The van der Waals surface area contributed by atoms with Crippen LogP contribution in [-0.2, 0) is 0 Å². The second-order valence-electron chi connectivity index (χ2n) is 6.87. The van der Waals surface area contributed by atoms with Crippen LogP contribution >= 0.6 is 15.9 Å². The monoisotopic (exact) mass is 390 g/mol. The summed E-state index contributed by atoms with van der Waals surface area (Å²) in [4.78, 5) is 13.2. The molecule has 0 unspecified atom stereocenters. The summed E-state index contributed by atoms with van der Waals surface area (Å²) in [5.74, 6) is 0.142. The van der Waals surface area contributed by atoms with Gasteiger partial charge in [-0.05, 0) is 42.7 Å². The standard InChI is InChI=1S/C23H19BrO/c1-14-3-6-17(7-4-14)22-21(16-8-10-18(24)11-9-16)20-13-15(2)5-12-19(20)23(22)25/h3-13,21-22H,1-2H3/t21-,22+/m0/s1. The molecule has 1 nitrogen and oxygen atoms in total. The van der Waals surface area contributed by atoms with Gasteiger partial charge in [0.25, 0.3) is 0 Å². The van der Waals surface area contributed by atoms with Gasteiger partial charge in [-0.15, -0.1) is 0 Å². The van der Waals surface area contributed by atoms with E-state index in [0.717, 1.165) is 21.2 Å². The molecule has 0 heterocycles. The second kappa shape index (κ2) is 6.27. The maximum Gasteiger partial charge on any atom is 0.171 e. The number of ketones is 1. The van der Waals surface area contributed by atoms with Gasteiger partial charge in [-0.1, -0.05) is 81.7 Å². The Bertz CT molecular complexity index is 939. The maximum atomic E-state index is 13.2. The van der Waals surface area contributed by atoms with E-state index in [9.17, 15) is 4.79 Å². The van der Waals surface area contributed by atoms with Gasteiger partial charge in [-0.25, -0.2) is 0 Å². The van der Waals surface area contributed by atoms with Gasteiger partial charge in [0.15, 0.2) is 5.78 Å². The Kier molecular flexibility index (Phi) is 4.09. The topological polar surface area (TPSA) is 17.1 Å². The fourth-order valence-electron chi connectivity index (χ4n) is 3.82. The molecule has 1 aliphatic rings. The SMILES string of the molecule is Cc1ccc([C@H]2C(=O)c3ccc(C)cc3[C@@H]2c2ccc(Br)cc2)cc1. The number of carbonyl (C=O) groups excluding carboxylic acids is 1. The molecule has 0 aromatic heterocycles. The highest BCUT2D eigenvalue weighted by molar-refractivity contribution is 9.10. The van der Waals surface area contributed by atoms with E-state index in [1.54, 1.807) is 0 Å². The average Bonchev–Trinajstić information content (AvgIpc) is 2.88. The van der Waals surface area contributed by atoms with Gasteiger partial charge in [0.2, 0.25) is 0 Å². The Balaban J connectivity index is 1.91. The zero-order valence-electron chi connectivity index (χ0n) is 14.3. The lowest BCUT2D eigenvalue weighted by atomic mass is 9.81. The molecule has 0 N–H and O–H groups in total. The third-order valence-corrected chi connectivity index (χ3v) is 5.62. The largest absolute Gasteiger partial charge is 0.293 e. The van der Waals surface area contributed by atoms with Crippen LogP contribution in [0.15, 0.2) is 71.2 Å². The number of hydrogen-bond acceptors (Lipinski definition) is 1. The molecule has 0 amide bonds. The normalized spacial score (nSPS) is 19.1. The van der Waals surface area contributed by atoms with Crippen molar-refractivity contribution < 1.29 is 4.79 Å². The summed E-state index contributed by atoms with van der Waals surface area (Å²) in [6, 6.07) is 22.9. The van der Waals surface area contributed by atoms with Gasteiger partial charge in [-0.3, -0.25) is 4.79 Å². The van der Waals surface area contributed by atoms with E-state index < -0.39 is 0 Å². The Morgan fingerprint density at radius 2 is 1.28 bits per heavy atom. The Morgan fingerprint density at radius 3 is 1.96 bits per heavy atom. The fourth-order valence-corrected chi connectivity index (χ4v) is 4.09. The Labute approximate surface area is 156 Å². The molecule has 124 valence electrons. The van der Waals surface area contributed by atoms with Crippen LogP contribution in [0.2, 0.25) is 0 Å². The maximum absolute atomic E-state index is 13.2. The number of fused-ring (bicyclic) bond motifs is 1. The minimum Gasteiger partial charge on any atom is -0.293 e. The molecule has 25 heavy (non-hydrogen) atoms. The first kappa shape index (κ1) is 16.3. The number of Topliss-reactive ketones (excluding diaryl/α,β-unsaturated/α-hetero) is 1. The summed E-state index contributed by atoms with van der Waals surface area (Å²) in [5, 5.41) is 0. The molecule has 0 bridgehead atoms. The van der Waals surface area contributed by atoms with Crippen molar-refractivity contribution >= 4 is 21.7 Å². The zero-order valence-corrected chi connectivity index (χ0v) is 15.9. The van der Waals surface area contributed by atoms with Crippen molar-refractivity contribution in [1.82, 2.24) is 0 Å². The van der Waals surface area contributed by atoms with Crippen molar-refractivity contribution in [3.8, 4) is 0 Å². The number of rotatable bonds is 2.